The topological polar surface area (TPSA) is 66.5 Å². The van der Waals surface area contributed by atoms with Gasteiger partial charge in [-0.05, 0) is 36.8 Å². The maximum atomic E-state index is 9.73. The van der Waals surface area contributed by atoms with Crippen molar-refractivity contribution in [2.45, 2.75) is 37.6 Å². The quantitative estimate of drug-likeness (QED) is 0.660. The molecule has 3 nitrogen and oxygen atoms in total. The Bertz CT molecular complexity index is 351. The molecule has 4 N–H and O–H groups in total. The Morgan fingerprint density at radius 2 is 2.00 bits per heavy atom. The highest BCUT2D eigenvalue weighted by molar-refractivity contribution is 5.41. The van der Waals surface area contributed by atoms with E-state index in [1.165, 1.54) is 6.07 Å². The number of benzene rings is 1. The highest BCUT2D eigenvalue weighted by Crippen LogP contribution is 2.37. The summed E-state index contributed by atoms with van der Waals surface area (Å²) in [6, 6.07) is 5.06. The lowest BCUT2D eigenvalue weighted by molar-refractivity contribution is 0.377. The minimum absolute atomic E-state index is 0.108. The van der Waals surface area contributed by atoms with Gasteiger partial charge in [0.1, 0.15) is 11.5 Å². The maximum absolute atomic E-state index is 9.73. The van der Waals surface area contributed by atoms with E-state index in [1.807, 2.05) is 0 Å². The number of phenols is 2. The minimum Gasteiger partial charge on any atom is -0.508 e. The molecule has 1 aliphatic carbocycles. The van der Waals surface area contributed by atoms with Gasteiger partial charge in [-0.1, -0.05) is 12.5 Å². The van der Waals surface area contributed by atoms with E-state index in [4.69, 9.17) is 5.73 Å². The third-order valence-electron chi connectivity index (χ3n) is 3.17. The summed E-state index contributed by atoms with van der Waals surface area (Å²) in [4.78, 5) is 0. The van der Waals surface area contributed by atoms with Crippen molar-refractivity contribution in [1.82, 2.24) is 0 Å². The zero-order chi connectivity index (χ0) is 10.8. The van der Waals surface area contributed by atoms with Crippen LogP contribution < -0.4 is 5.73 Å². The Labute approximate surface area is 89.5 Å². The molecule has 1 aromatic carbocycles. The Kier molecular flexibility index (Phi) is 2.82. The second kappa shape index (κ2) is 4.11. The minimum atomic E-state index is 0.108. The van der Waals surface area contributed by atoms with Crippen molar-refractivity contribution >= 4 is 0 Å². The molecule has 0 aromatic heterocycles. The summed E-state index contributed by atoms with van der Waals surface area (Å²) in [5, 5.41) is 18.9. The summed E-state index contributed by atoms with van der Waals surface area (Å²) in [5.74, 6) is 0.639. The number of hydrogen-bond donors (Lipinski definition) is 3. The van der Waals surface area contributed by atoms with Crippen LogP contribution in [-0.4, -0.2) is 16.3 Å². The average Bonchev–Trinajstić information content (AvgIpc) is 2.17. The van der Waals surface area contributed by atoms with Gasteiger partial charge in [-0.15, -0.1) is 0 Å². The van der Waals surface area contributed by atoms with Gasteiger partial charge in [0.25, 0.3) is 0 Å². The van der Waals surface area contributed by atoms with Crippen LogP contribution in [0, 0.1) is 0 Å². The van der Waals surface area contributed by atoms with Crippen LogP contribution in [0.3, 0.4) is 0 Å². The molecular formula is C12H17NO2. The molecule has 82 valence electrons. The molecule has 1 aliphatic rings. The molecule has 1 aromatic rings. The van der Waals surface area contributed by atoms with Gasteiger partial charge in [-0.2, -0.15) is 0 Å². The van der Waals surface area contributed by atoms with E-state index in [-0.39, 0.29) is 17.5 Å². The van der Waals surface area contributed by atoms with E-state index >= 15 is 0 Å². The van der Waals surface area contributed by atoms with Crippen molar-refractivity contribution < 1.29 is 10.2 Å². The van der Waals surface area contributed by atoms with E-state index in [1.54, 1.807) is 12.1 Å². The van der Waals surface area contributed by atoms with Gasteiger partial charge in [-0.25, -0.2) is 0 Å². The van der Waals surface area contributed by atoms with Crippen LogP contribution in [0.1, 0.15) is 37.2 Å². The number of nitrogens with two attached hydrogens (primary N) is 1. The first kappa shape index (κ1) is 10.3. The molecule has 0 spiro atoms. The summed E-state index contributed by atoms with van der Waals surface area (Å²) in [6.07, 6.45) is 4.20. The maximum Gasteiger partial charge on any atom is 0.122 e. The van der Waals surface area contributed by atoms with Crippen LogP contribution in [0.5, 0.6) is 11.5 Å². The van der Waals surface area contributed by atoms with Gasteiger partial charge in [0.15, 0.2) is 0 Å². The van der Waals surface area contributed by atoms with E-state index in [0.717, 1.165) is 31.2 Å². The number of rotatable bonds is 1. The van der Waals surface area contributed by atoms with Crippen molar-refractivity contribution in [3.05, 3.63) is 23.8 Å². The highest BCUT2D eigenvalue weighted by Gasteiger charge is 2.22. The number of aromatic hydroxyl groups is 2. The fourth-order valence-corrected chi connectivity index (χ4v) is 2.39. The van der Waals surface area contributed by atoms with Gasteiger partial charge in [0.05, 0.1) is 0 Å². The smallest absolute Gasteiger partial charge is 0.122 e. The molecule has 1 saturated carbocycles. The molecule has 0 heterocycles. The summed E-state index contributed by atoms with van der Waals surface area (Å²) in [7, 11) is 0. The lowest BCUT2D eigenvalue weighted by atomic mass is 9.81. The summed E-state index contributed by atoms with van der Waals surface area (Å²) in [5.41, 5.74) is 6.83. The van der Waals surface area contributed by atoms with Crippen LogP contribution in [0.2, 0.25) is 0 Å². The van der Waals surface area contributed by atoms with Gasteiger partial charge < -0.3 is 15.9 Å². The Morgan fingerprint density at radius 1 is 1.20 bits per heavy atom. The largest absolute Gasteiger partial charge is 0.508 e. The molecular weight excluding hydrogens is 190 g/mol. The first-order chi connectivity index (χ1) is 7.16. The molecule has 0 amide bonds. The van der Waals surface area contributed by atoms with E-state index < -0.39 is 0 Å². The zero-order valence-corrected chi connectivity index (χ0v) is 8.69. The van der Waals surface area contributed by atoms with Crippen molar-refractivity contribution in [3.8, 4) is 11.5 Å². The fraction of sp³-hybridized carbons (Fsp3) is 0.500. The predicted octanol–water partition coefficient (Wildman–Crippen LogP) is 2.08. The molecule has 0 saturated heterocycles. The van der Waals surface area contributed by atoms with E-state index in [2.05, 4.69) is 0 Å². The van der Waals surface area contributed by atoms with Crippen LogP contribution in [0.25, 0.3) is 0 Å². The SMILES string of the molecule is NC1CCCC(c2ccc(O)cc2O)C1. The monoisotopic (exact) mass is 207 g/mol. The molecule has 15 heavy (non-hydrogen) atoms. The fourth-order valence-electron chi connectivity index (χ4n) is 2.39. The van der Waals surface area contributed by atoms with E-state index in [9.17, 15) is 10.2 Å². The Hall–Kier alpha value is -1.22. The van der Waals surface area contributed by atoms with E-state index in [0.29, 0.717) is 5.92 Å². The normalized spacial score (nSPS) is 26.5. The number of hydrogen-bond acceptors (Lipinski definition) is 3. The van der Waals surface area contributed by atoms with Crippen molar-refractivity contribution in [2.24, 2.45) is 5.73 Å². The lowest BCUT2D eigenvalue weighted by Crippen LogP contribution is -2.26. The first-order valence-electron chi connectivity index (χ1n) is 5.44. The summed E-state index contributed by atoms with van der Waals surface area (Å²) >= 11 is 0. The second-order valence-corrected chi connectivity index (χ2v) is 4.37. The van der Waals surface area contributed by atoms with Crippen LogP contribution >= 0.6 is 0 Å². The Morgan fingerprint density at radius 3 is 2.67 bits per heavy atom. The molecule has 2 rings (SSSR count). The zero-order valence-electron chi connectivity index (χ0n) is 8.69. The molecule has 2 unspecified atom stereocenters. The first-order valence-corrected chi connectivity index (χ1v) is 5.44. The van der Waals surface area contributed by atoms with Gasteiger partial charge in [0.2, 0.25) is 0 Å². The Balaban J connectivity index is 2.21. The van der Waals surface area contributed by atoms with Crippen molar-refractivity contribution in [3.63, 3.8) is 0 Å². The van der Waals surface area contributed by atoms with Crippen molar-refractivity contribution in [2.75, 3.05) is 0 Å². The second-order valence-electron chi connectivity index (χ2n) is 4.37. The third kappa shape index (κ3) is 2.23. The standard InChI is InChI=1S/C12H17NO2/c13-9-3-1-2-8(6-9)11-5-4-10(14)7-12(11)15/h4-5,7-9,14-15H,1-3,6,13H2. The van der Waals surface area contributed by atoms with Gasteiger partial charge >= 0.3 is 0 Å². The molecule has 0 bridgehead atoms. The molecule has 3 heteroatoms. The molecule has 2 atom stereocenters. The highest BCUT2D eigenvalue weighted by atomic mass is 16.3. The molecule has 1 fully saturated rings. The summed E-state index contributed by atoms with van der Waals surface area (Å²) < 4.78 is 0. The average molecular weight is 207 g/mol. The van der Waals surface area contributed by atoms with Crippen LogP contribution in [0.15, 0.2) is 18.2 Å². The van der Waals surface area contributed by atoms with Crippen LogP contribution in [-0.2, 0) is 0 Å². The van der Waals surface area contributed by atoms with Crippen molar-refractivity contribution in [1.29, 1.82) is 0 Å². The van der Waals surface area contributed by atoms with Crippen LogP contribution in [0.4, 0.5) is 0 Å². The number of phenolic OH excluding ortho intramolecular Hbond substituents is 2. The summed E-state index contributed by atoms with van der Waals surface area (Å²) in [6.45, 7) is 0. The third-order valence-corrected chi connectivity index (χ3v) is 3.17. The lowest BCUT2D eigenvalue weighted by Gasteiger charge is -2.27. The molecule has 0 radical (unpaired) electrons. The molecule has 0 aliphatic heterocycles. The predicted molar refractivity (Wildman–Crippen MR) is 59.0 cm³/mol. The van der Waals surface area contributed by atoms with Gasteiger partial charge in [-0.3, -0.25) is 0 Å². The van der Waals surface area contributed by atoms with Gasteiger partial charge in [0, 0.05) is 12.1 Å².